The zero-order valence-electron chi connectivity index (χ0n) is 13.1. The van der Waals surface area contributed by atoms with Crippen LogP contribution >= 0.6 is 0 Å². The number of carbonyl (C=O) groups is 1. The van der Waals surface area contributed by atoms with Gasteiger partial charge in [0.1, 0.15) is 6.04 Å². The molecule has 0 aromatic heterocycles. The maximum atomic E-state index is 12.4. The minimum absolute atomic E-state index is 0.134. The van der Waals surface area contributed by atoms with Crippen LogP contribution in [0.4, 0.5) is 0 Å². The molecule has 6 heteroatoms. The van der Waals surface area contributed by atoms with Gasteiger partial charge in [-0.1, -0.05) is 39.8 Å². The molecule has 0 amide bonds. The zero-order chi connectivity index (χ0) is 16.4. The fourth-order valence-electron chi connectivity index (χ4n) is 1.92. The van der Waals surface area contributed by atoms with E-state index in [0.29, 0.717) is 5.56 Å². The third-order valence-electron chi connectivity index (χ3n) is 3.35. The van der Waals surface area contributed by atoms with Crippen LogP contribution in [0.25, 0.3) is 0 Å². The molecule has 0 spiro atoms. The molecule has 1 rings (SSSR count). The zero-order valence-corrected chi connectivity index (χ0v) is 13.9. The van der Waals surface area contributed by atoms with E-state index in [1.807, 2.05) is 26.8 Å². The van der Waals surface area contributed by atoms with Crippen LogP contribution < -0.4 is 4.72 Å². The summed E-state index contributed by atoms with van der Waals surface area (Å²) in [6, 6.07) is 4.14. The number of hydrogen-bond acceptors (Lipinski definition) is 3. The predicted molar refractivity (Wildman–Crippen MR) is 81.9 cm³/mol. The van der Waals surface area contributed by atoms with E-state index in [0.717, 1.165) is 5.56 Å². The van der Waals surface area contributed by atoms with Crippen molar-refractivity contribution < 1.29 is 18.3 Å². The Bertz CT molecular complexity index is 630. The predicted octanol–water partition coefficient (Wildman–Crippen LogP) is 2.43. The molecule has 1 atom stereocenters. The molecule has 1 aromatic carbocycles. The Hall–Kier alpha value is -1.40. The van der Waals surface area contributed by atoms with Crippen molar-refractivity contribution in [3.8, 4) is 0 Å². The second-order valence-corrected chi connectivity index (χ2v) is 7.83. The van der Waals surface area contributed by atoms with Crippen LogP contribution in [-0.2, 0) is 20.2 Å². The molecule has 0 radical (unpaired) electrons. The number of aliphatic carboxylic acids is 1. The Labute approximate surface area is 126 Å². The summed E-state index contributed by atoms with van der Waals surface area (Å²) >= 11 is 0. The lowest BCUT2D eigenvalue weighted by atomic mass is 9.87. The molecular weight excluding hydrogens is 290 g/mol. The molecular formula is C15H23NO4S. The second-order valence-electron chi connectivity index (χ2n) is 6.15. The van der Waals surface area contributed by atoms with Crippen LogP contribution in [0, 0.1) is 6.92 Å². The number of nitrogens with one attached hydrogen (secondary N) is 1. The average molecular weight is 313 g/mol. The van der Waals surface area contributed by atoms with Crippen molar-refractivity contribution >= 4 is 16.0 Å². The van der Waals surface area contributed by atoms with Crippen LogP contribution in [0.1, 0.15) is 45.2 Å². The Morgan fingerprint density at radius 2 is 1.90 bits per heavy atom. The highest BCUT2D eigenvalue weighted by Crippen LogP contribution is 2.26. The number of sulfonamides is 1. The molecule has 0 aliphatic heterocycles. The van der Waals surface area contributed by atoms with Gasteiger partial charge in [0.25, 0.3) is 0 Å². The van der Waals surface area contributed by atoms with Crippen molar-refractivity contribution in [1.82, 2.24) is 4.72 Å². The van der Waals surface area contributed by atoms with Gasteiger partial charge in [-0.2, -0.15) is 4.72 Å². The maximum absolute atomic E-state index is 12.4. The summed E-state index contributed by atoms with van der Waals surface area (Å²) in [7, 11) is -3.86. The monoisotopic (exact) mass is 313 g/mol. The second kappa shape index (κ2) is 6.15. The van der Waals surface area contributed by atoms with E-state index >= 15 is 0 Å². The first-order chi connectivity index (χ1) is 9.49. The summed E-state index contributed by atoms with van der Waals surface area (Å²) in [6.45, 7) is 9.30. The number of rotatable bonds is 5. The Morgan fingerprint density at radius 1 is 1.33 bits per heavy atom. The summed E-state index contributed by atoms with van der Waals surface area (Å²) in [5.41, 5.74) is 1.29. The van der Waals surface area contributed by atoms with Crippen LogP contribution in [-0.4, -0.2) is 25.5 Å². The number of carboxylic acid groups (broad SMARTS) is 1. The van der Waals surface area contributed by atoms with Gasteiger partial charge in [-0.05, 0) is 36.0 Å². The summed E-state index contributed by atoms with van der Waals surface area (Å²) in [6.07, 6.45) is 0.187. The van der Waals surface area contributed by atoms with E-state index in [4.69, 9.17) is 5.11 Å². The molecule has 0 aliphatic carbocycles. The molecule has 0 fully saturated rings. The van der Waals surface area contributed by atoms with Gasteiger partial charge in [0.05, 0.1) is 4.90 Å². The first-order valence-electron chi connectivity index (χ1n) is 6.85. The maximum Gasteiger partial charge on any atom is 0.321 e. The highest BCUT2D eigenvalue weighted by atomic mass is 32.2. The molecule has 21 heavy (non-hydrogen) atoms. The van der Waals surface area contributed by atoms with E-state index < -0.39 is 22.0 Å². The fraction of sp³-hybridized carbons (Fsp3) is 0.533. The first-order valence-corrected chi connectivity index (χ1v) is 8.33. The molecule has 0 bridgehead atoms. The van der Waals surface area contributed by atoms with Crippen molar-refractivity contribution in [1.29, 1.82) is 0 Å². The number of hydrogen-bond donors (Lipinski definition) is 2. The number of aryl methyl sites for hydroxylation is 1. The van der Waals surface area contributed by atoms with Gasteiger partial charge in [0.2, 0.25) is 10.0 Å². The number of benzene rings is 1. The first kappa shape index (κ1) is 17.7. The SMILES string of the molecule is CC[C@@H](NS(=O)(=O)c1cc(C(C)(C)C)ccc1C)C(=O)O. The van der Waals surface area contributed by atoms with Gasteiger partial charge in [0, 0.05) is 0 Å². The fourth-order valence-corrected chi connectivity index (χ4v) is 3.46. The smallest absolute Gasteiger partial charge is 0.321 e. The van der Waals surface area contributed by atoms with E-state index in [1.165, 1.54) is 0 Å². The standard InChI is InChI=1S/C15H23NO4S/c1-6-12(14(17)18)16-21(19,20)13-9-11(15(3,4)5)8-7-10(13)2/h7-9,12,16H,6H2,1-5H3,(H,17,18)/t12-/m1/s1. The van der Waals surface area contributed by atoms with E-state index in [-0.39, 0.29) is 16.7 Å². The van der Waals surface area contributed by atoms with Gasteiger partial charge in [-0.25, -0.2) is 8.42 Å². The lowest BCUT2D eigenvalue weighted by molar-refractivity contribution is -0.139. The van der Waals surface area contributed by atoms with Gasteiger partial charge in [-0.3, -0.25) is 4.79 Å². The lowest BCUT2D eigenvalue weighted by Gasteiger charge is -2.21. The molecule has 0 unspecified atom stereocenters. The number of carboxylic acids is 1. The summed E-state index contributed by atoms with van der Waals surface area (Å²) in [4.78, 5) is 11.2. The van der Waals surface area contributed by atoms with Crippen LogP contribution in [0.5, 0.6) is 0 Å². The topological polar surface area (TPSA) is 83.5 Å². The normalized spacial score (nSPS) is 14.0. The van der Waals surface area contributed by atoms with Gasteiger partial charge in [-0.15, -0.1) is 0 Å². The van der Waals surface area contributed by atoms with Crippen molar-refractivity contribution in [2.75, 3.05) is 0 Å². The van der Waals surface area contributed by atoms with E-state index in [9.17, 15) is 13.2 Å². The third kappa shape index (κ3) is 4.28. The molecule has 118 valence electrons. The minimum atomic E-state index is -3.86. The largest absolute Gasteiger partial charge is 0.480 e. The van der Waals surface area contributed by atoms with Gasteiger partial charge >= 0.3 is 5.97 Å². The van der Waals surface area contributed by atoms with E-state index in [2.05, 4.69) is 4.72 Å². The van der Waals surface area contributed by atoms with Crippen molar-refractivity contribution in [2.45, 2.75) is 57.4 Å². The highest BCUT2D eigenvalue weighted by Gasteiger charge is 2.26. The summed E-state index contributed by atoms with van der Waals surface area (Å²) in [5, 5.41) is 9.01. The molecule has 0 aliphatic rings. The Morgan fingerprint density at radius 3 is 2.33 bits per heavy atom. The average Bonchev–Trinajstić information content (AvgIpc) is 2.34. The van der Waals surface area contributed by atoms with Gasteiger partial charge in [0.15, 0.2) is 0 Å². The van der Waals surface area contributed by atoms with E-state index in [1.54, 1.807) is 26.0 Å². The Kier molecular flexibility index (Phi) is 5.17. The molecule has 0 saturated heterocycles. The van der Waals surface area contributed by atoms with Crippen molar-refractivity contribution in [3.63, 3.8) is 0 Å². The molecule has 0 heterocycles. The van der Waals surface area contributed by atoms with Crippen molar-refractivity contribution in [3.05, 3.63) is 29.3 Å². The summed E-state index contributed by atoms with van der Waals surface area (Å²) < 4.78 is 27.1. The molecule has 1 aromatic rings. The van der Waals surface area contributed by atoms with Gasteiger partial charge < -0.3 is 5.11 Å². The quantitative estimate of drug-likeness (QED) is 0.874. The lowest BCUT2D eigenvalue weighted by Crippen LogP contribution is -2.40. The third-order valence-corrected chi connectivity index (χ3v) is 4.96. The molecule has 2 N–H and O–H groups in total. The highest BCUT2D eigenvalue weighted by molar-refractivity contribution is 7.89. The van der Waals surface area contributed by atoms with Crippen LogP contribution in [0.2, 0.25) is 0 Å². The Balaban J connectivity index is 3.28. The van der Waals surface area contributed by atoms with Crippen LogP contribution in [0.3, 0.4) is 0 Å². The summed E-state index contributed by atoms with van der Waals surface area (Å²) in [5.74, 6) is -1.18. The molecule has 0 saturated carbocycles. The minimum Gasteiger partial charge on any atom is -0.480 e. The van der Waals surface area contributed by atoms with Crippen LogP contribution in [0.15, 0.2) is 23.1 Å². The molecule has 5 nitrogen and oxygen atoms in total. The van der Waals surface area contributed by atoms with Crippen molar-refractivity contribution in [2.24, 2.45) is 0 Å².